The second-order valence-electron chi connectivity index (χ2n) is 6.67. The standard InChI is InChI=1S/C17H23NO6/c1-18-7-6-16(9-11(19)14(20)17(21,22)15(16)18)10-4-5-12(23-2)13(8-10)24-3/h4-5,8,11,15,19,21-22H,6-7,9H2,1-3H3/t11?,15?,16-/m1/s1. The summed E-state index contributed by atoms with van der Waals surface area (Å²) < 4.78 is 10.6. The third-order valence-corrected chi connectivity index (χ3v) is 5.44. The van der Waals surface area contributed by atoms with Crippen LogP contribution in [0.1, 0.15) is 18.4 Å². The van der Waals surface area contributed by atoms with E-state index < -0.39 is 29.1 Å². The normalized spacial score (nSPS) is 32.5. The molecular formula is C17H23NO6. The Morgan fingerprint density at radius 2 is 1.88 bits per heavy atom. The number of fused-ring (bicyclic) bond motifs is 1. The van der Waals surface area contributed by atoms with Gasteiger partial charge in [-0.1, -0.05) is 6.07 Å². The topological polar surface area (TPSA) is 99.5 Å². The fourth-order valence-corrected chi connectivity index (χ4v) is 4.35. The predicted molar refractivity (Wildman–Crippen MR) is 85.1 cm³/mol. The van der Waals surface area contributed by atoms with E-state index in [0.29, 0.717) is 24.5 Å². The molecule has 7 heteroatoms. The van der Waals surface area contributed by atoms with Gasteiger partial charge >= 0.3 is 0 Å². The molecule has 24 heavy (non-hydrogen) atoms. The van der Waals surface area contributed by atoms with Crippen molar-refractivity contribution in [3.05, 3.63) is 23.8 Å². The van der Waals surface area contributed by atoms with Crippen molar-refractivity contribution >= 4 is 5.78 Å². The minimum absolute atomic E-state index is 0.138. The average molecular weight is 337 g/mol. The number of ether oxygens (including phenoxy) is 2. The van der Waals surface area contributed by atoms with Gasteiger partial charge in [0.1, 0.15) is 6.10 Å². The summed E-state index contributed by atoms with van der Waals surface area (Å²) in [6, 6.07) is 4.52. The molecule has 0 radical (unpaired) electrons. The van der Waals surface area contributed by atoms with Crippen molar-refractivity contribution in [3.8, 4) is 11.5 Å². The molecule has 3 N–H and O–H groups in total. The number of benzene rings is 1. The van der Waals surface area contributed by atoms with Crippen LogP contribution >= 0.6 is 0 Å². The number of hydrogen-bond donors (Lipinski definition) is 3. The zero-order chi connectivity index (χ0) is 17.7. The van der Waals surface area contributed by atoms with E-state index in [4.69, 9.17) is 9.47 Å². The monoisotopic (exact) mass is 337 g/mol. The first-order valence-electron chi connectivity index (χ1n) is 7.88. The van der Waals surface area contributed by atoms with Gasteiger partial charge in [-0.25, -0.2) is 0 Å². The van der Waals surface area contributed by atoms with E-state index >= 15 is 0 Å². The molecule has 3 rings (SSSR count). The van der Waals surface area contributed by atoms with Crippen molar-refractivity contribution in [1.82, 2.24) is 4.90 Å². The van der Waals surface area contributed by atoms with Crippen molar-refractivity contribution in [2.24, 2.45) is 0 Å². The molecule has 0 spiro atoms. The van der Waals surface area contributed by atoms with Crippen molar-refractivity contribution in [3.63, 3.8) is 0 Å². The van der Waals surface area contributed by atoms with Gasteiger partial charge in [-0.2, -0.15) is 0 Å². The molecule has 3 atom stereocenters. The Morgan fingerprint density at radius 1 is 1.21 bits per heavy atom. The minimum Gasteiger partial charge on any atom is -0.493 e. The van der Waals surface area contributed by atoms with Gasteiger partial charge in [0.25, 0.3) is 0 Å². The van der Waals surface area contributed by atoms with Crippen molar-refractivity contribution in [2.75, 3.05) is 27.8 Å². The highest BCUT2D eigenvalue weighted by Gasteiger charge is 2.64. The van der Waals surface area contributed by atoms with E-state index in [9.17, 15) is 20.1 Å². The Kier molecular flexibility index (Phi) is 4.08. The van der Waals surface area contributed by atoms with E-state index in [1.165, 1.54) is 14.2 Å². The summed E-state index contributed by atoms with van der Waals surface area (Å²) in [5.74, 6) is -2.47. The number of hydrogen-bond acceptors (Lipinski definition) is 7. The highest BCUT2D eigenvalue weighted by Crippen LogP contribution is 2.51. The van der Waals surface area contributed by atoms with Gasteiger partial charge in [-0.05, 0) is 44.1 Å². The number of rotatable bonds is 3. The zero-order valence-corrected chi connectivity index (χ0v) is 14.0. The van der Waals surface area contributed by atoms with Crippen molar-refractivity contribution in [1.29, 1.82) is 0 Å². The summed E-state index contributed by atoms with van der Waals surface area (Å²) in [6.45, 7) is 0.585. The van der Waals surface area contributed by atoms with Crippen molar-refractivity contribution < 1.29 is 29.6 Å². The zero-order valence-electron chi connectivity index (χ0n) is 14.0. The quantitative estimate of drug-likeness (QED) is 0.649. The maximum atomic E-state index is 12.1. The molecular weight excluding hydrogens is 314 g/mol. The maximum absolute atomic E-state index is 12.1. The number of methoxy groups -OCH3 is 2. The van der Waals surface area contributed by atoms with Crippen molar-refractivity contribution in [2.45, 2.75) is 36.2 Å². The van der Waals surface area contributed by atoms with Crippen LogP contribution in [-0.2, 0) is 10.2 Å². The number of carbonyl (C=O) groups excluding carboxylic acids is 1. The van der Waals surface area contributed by atoms with Crippen LogP contribution in [0.5, 0.6) is 11.5 Å². The number of nitrogens with zero attached hydrogens (tertiary/aromatic N) is 1. The molecule has 132 valence electrons. The Labute approximate surface area is 140 Å². The molecule has 2 fully saturated rings. The molecule has 1 aliphatic heterocycles. The van der Waals surface area contributed by atoms with Crippen LogP contribution in [0.25, 0.3) is 0 Å². The maximum Gasteiger partial charge on any atom is 0.243 e. The van der Waals surface area contributed by atoms with Gasteiger partial charge in [-0.3, -0.25) is 9.69 Å². The lowest BCUT2D eigenvalue weighted by Gasteiger charge is -2.48. The van der Waals surface area contributed by atoms with E-state index in [1.54, 1.807) is 24.1 Å². The molecule has 1 aromatic rings. The van der Waals surface area contributed by atoms with Crippen LogP contribution in [0.15, 0.2) is 18.2 Å². The summed E-state index contributed by atoms with van der Waals surface area (Å²) in [7, 11) is 4.82. The number of likely N-dealkylation sites (tertiary alicyclic amines) is 1. The van der Waals surface area contributed by atoms with E-state index in [-0.39, 0.29) is 6.42 Å². The number of carbonyl (C=O) groups is 1. The summed E-state index contributed by atoms with van der Waals surface area (Å²) in [5.41, 5.74) is 0.0269. The van der Waals surface area contributed by atoms with Gasteiger partial charge in [0.15, 0.2) is 11.5 Å². The van der Waals surface area contributed by atoms with Crippen LogP contribution in [-0.4, -0.2) is 71.7 Å². The summed E-state index contributed by atoms with van der Waals surface area (Å²) >= 11 is 0. The van der Waals surface area contributed by atoms with E-state index in [0.717, 1.165) is 5.56 Å². The molecule has 0 bridgehead atoms. The highest BCUT2D eigenvalue weighted by atomic mass is 16.5. The number of aliphatic hydroxyl groups excluding tert-OH is 1. The third-order valence-electron chi connectivity index (χ3n) is 5.44. The number of Topliss-reactive ketones (excluding diaryl/α,β-unsaturated/α-hetero) is 1. The fourth-order valence-electron chi connectivity index (χ4n) is 4.35. The molecule has 7 nitrogen and oxygen atoms in total. The number of aliphatic hydroxyl groups is 3. The molecule has 1 saturated heterocycles. The summed E-state index contributed by atoms with van der Waals surface area (Å²) in [6.07, 6.45) is -0.688. The largest absolute Gasteiger partial charge is 0.493 e. The second kappa shape index (κ2) is 5.70. The Morgan fingerprint density at radius 3 is 2.50 bits per heavy atom. The first-order valence-corrected chi connectivity index (χ1v) is 7.88. The fraction of sp³-hybridized carbons (Fsp3) is 0.588. The first-order chi connectivity index (χ1) is 11.3. The average Bonchev–Trinajstić information content (AvgIpc) is 2.90. The predicted octanol–water partition coefficient (Wildman–Crippen LogP) is -0.340. The summed E-state index contributed by atoms with van der Waals surface area (Å²) in [5, 5.41) is 31.1. The molecule has 0 aromatic heterocycles. The highest BCUT2D eigenvalue weighted by molar-refractivity contribution is 5.92. The van der Waals surface area contributed by atoms with E-state index in [1.807, 2.05) is 6.07 Å². The van der Waals surface area contributed by atoms with Gasteiger partial charge < -0.3 is 24.8 Å². The van der Waals surface area contributed by atoms with Crippen LogP contribution in [0.4, 0.5) is 0 Å². The number of likely N-dealkylation sites (N-methyl/N-ethyl adjacent to an activating group) is 1. The number of ketones is 1. The molecule has 1 aliphatic carbocycles. The Balaban J connectivity index is 2.15. The van der Waals surface area contributed by atoms with Gasteiger partial charge in [0.2, 0.25) is 11.6 Å². The Hall–Kier alpha value is -1.67. The lowest BCUT2D eigenvalue weighted by molar-refractivity contribution is -0.228. The molecule has 1 heterocycles. The molecule has 0 amide bonds. The second-order valence-corrected chi connectivity index (χ2v) is 6.67. The van der Waals surface area contributed by atoms with Crippen LogP contribution in [0, 0.1) is 0 Å². The lowest BCUT2D eigenvalue weighted by Crippen LogP contribution is -2.68. The van der Waals surface area contributed by atoms with E-state index in [2.05, 4.69) is 0 Å². The molecule has 1 saturated carbocycles. The smallest absolute Gasteiger partial charge is 0.243 e. The van der Waals surface area contributed by atoms with Gasteiger partial charge in [-0.15, -0.1) is 0 Å². The third kappa shape index (κ3) is 2.23. The first kappa shape index (κ1) is 17.2. The Bertz CT molecular complexity index is 660. The van der Waals surface area contributed by atoms with Crippen LogP contribution < -0.4 is 9.47 Å². The van der Waals surface area contributed by atoms with Crippen LogP contribution in [0.2, 0.25) is 0 Å². The lowest BCUT2D eigenvalue weighted by atomic mass is 9.62. The SMILES string of the molecule is COc1ccc([C@]23CCN(C)C2C(O)(O)C(=O)C(O)C3)cc1OC. The molecule has 2 aliphatic rings. The van der Waals surface area contributed by atoms with Gasteiger partial charge in [0, 0.05) is 5.41 Å². The minimum atomic E-state index is -2.60. The molecule has 2 unspecified atom stereocenters. The van der Waals surface area contributed by atoms with Gasteiger partial charge in [0.05, 0.1) is 20.3 Å². The molecule has 1 aromatic carbocycles. The summed E-state index contributed by atoms with van der Waals surface area (Å²) in [4.78, 5) is 13.9. The van der Waals surface area contributed by atoms with Crippen LogP contribution in [0.3, 0.4) is 0 Å².